The van der Waals surface area contributed by atoms with Gasteiger partial charge in [-0.3, -0.25) is 4.79 Å². The molecule has 0 bridgehead atoms. The number of Topliss-reactive ketones (excluding diaryl/α,β-unsaturated/α-hetero) is 1. The van der Waals surface area contributed by atoms with Crippen LogP contribution in [0.25, 0.3) is 0 Å². The highest BCUT2D eigenvalue weighted by Crippen LogP contribution is 2.15. The average molecular weight is 395 g/mol. The minimum atomic E-state index is -0.762. The van der Waals surface area contributed by atoms with Crippen molar-refractivity contribution in [3.05, 3.63) is 35.9 Å². The maximum absolute atomic E-state index is 12.3. The van der Waals surface area contributed by atoms with Crippen molar-refractivity contribution < 1.29 is 23.7 Å². The van der Waals surface area contributed by atoms with E-state index in [0.717, 1.165) is 31.4 Å². The first-order valence-electron chi connectivity index (χ1n) is 10.4. The van der Waals surface area contributed by atoms with Gasteiger partial charge in [0.05, 0.1) is 39.1 Å². The number of hydrogen-bond donors (Lipinski definition) is 0. The predicted molar refractivity (Wildman–Crippen MR) is 112 cm³/mol. The summed E-state index contributed by atoms with van der Waals surface area (Å²) in [6.45, 7) is 11.0. The van der Waals surface area contributed by atoms with E-state index in [1.807, 2.05) is 58.0 Å². The fourth-order valence-electron chi connectivity index (χ4n) is 2.60. The lowest BCUT2D eigenvalue weighted by Crippen LogP contribution is -2.36. The zero-order chi connectivity index (χ0) is 20.7. The van der Waals surface area contributed by atoms with E-state index < -0.39 is 5.60 Å². The predicted octanol–water partition coefficient (Wildman–Crippen LogP) is 4.57. The summed E-state index contributed by atoms with van der Waals surface area (Å²) in [6, 6.07) is 10.1. The van der Waals surface area contributed by atoms with Gasteiger partial charge in [0, 0.05) is 13.0 Å². The molecule has 0 saturated heterocycles. The summed E-state index contributed by atoms with van der Waals surface area (Å²) >= 11 is 0. The molecule has 0 saturated carbocycles. The number of carbonyl (C=O) groups is 1. The summed E-state index contributed by atoms with van der Waals surface area (Å²) < 4.78 is 22.3. The van der Waals surface area contributed by atoms with Gasteiger partial charge >= 0.3 is 0 Å². The van der Waals surface area contributed by atoms with Crippen LogP contribution in [0.15, 0.2) is 30.3 Å². The number of benzene rings is 1. The van der Waals surface area contributed by atoms with Crippen LogP contribution in [0.5, 0.6) is 0 Å². The monoisotopic (exact) mass is 394 g/mol. The van der Waals surface area contributed by atoms with Crippen molar-refractivity contribution >= 4 is 5.78 Å². The highest BCUT2D eigenvalue weighted by atomic mass is 16.6. The molecule has 0 spiro atoms. The van der Waals surface area contributed by atoms with Crippen molar-refractivity contribution in [3.63, 3.8) is 0 Å². The van der Waals surface area contributed by atoms with Gasteiger partial charge in [0.25, 0.3) is 0 Å². The van der Waals surface area contributed by atoms with E-state index >= 15 is 0 Å². The molecule has 0 heterocycles. The Labute approximate surface area is 170 Å². The lowest BCUT2D eigenvalue weighted by Gasteiger charge is -2.24. The Kier molecular flexibility index (Phi) is 13.0. The van der Waals surface area contributed by atoms with Crippen molar-refractivity contribution in [1.82, 2.24) is 0 Å². The molecular formula is C23H38O5. The first-order valence-corrected chi connectivity index (χ1v) is 10.4. The average Bonchev–Trinajstić information content (AvgIpc) is 2.67. The number of carbonyl (C=O) groups excluding carboxylic acids is 1. The number of rotatable bonds is 17. The van der Waals surface area contributed by atoms with Crippen LogP contribution in [0, 0.1) is 0 Å². The molecule has 0 aliphatic rings. The maximum Gasteiger partial charge on any atom is 0.164 e. The molecule has 0 fully saturated rings. The fourth-order valence-corrected chi connectivity index (χ4v) is 2.60. The van der Waals surface area contributed by atoms with Gasteiger partial charge in [0.2, 0.25) is 0 Å². The van der Waals surface area contributed by atoms with Crippen LogP contribution in [0.1, 0.15) is 58.9 Å². The number of unbranched alkanes of at least 4 members (excludes halogenated alkanes) is 2. The molecule has 0 unspecified atom stereocenters. The highest BCUT2D eigenvalue weighted by molar-refractivity contribution is 5.86. The van der Waals surface area contributed by atoms with Gasteiger partial charge in [-0.2, -0.15) is 0 Å². The molecule has 1 rings (SSSR count). The number of hydrogen-bond acceptors (Lipinski definition) is 5. The Morgan fingerprint density at radius 2 is 1.57 bits per heavy atom. The third kappa shape index (κ3) is 12.2. The standard InChI is InChI=1S/C23H38O5/c1-20(2)27-14-10-6-9-13-22(24)23(3,4)28-18-17-25-15-16-26-19-21-11-7-5-8-12-21/h5,7-8,11-12,20H,6,9-10,13-19H2,1-4H3. The van der Waals surface area contributed by atoms with Gasteiger partial charge in [-0.1, -0.05) is 36.8 Å². The second-order valence-electron chi connectivity index (χ2n) is 7.66. The molecule has 28 heavy (non-hydrogen) atoms. The molecule has 0 atom stereocenters. The third-order valence-corrected chi connectivity index (χ3v) is 4.35. The molecular weight excluding hydrogens is 356 g/mol. The minimum absolute atomic E-state index is 0.142. The van der Waals surface area contributed by atoms with Crippen LogP contribution >= 0.6 is 0 Å². The summed E-state index contributed by atoms with van der Waals surface area (Å²) in [7, 11) is 0. The normalized spacial score (nSPS) is 11.9. The van der Waals surface area contributed by atoms with Crippen LogP contribution in [-0.4, -0.2) is 50.5 Å². The van der Waals surface area contributed by atoms with Gasteiger partial charge in [0.15, 0.2) is 5.78 Å². The van der Waals surface area contributed by atoms with E-state index in [1.165, 1.54) is 0 Å². The second-order valence-corrected chi connectivity index (χ2v) is 7.66. The van der Waals surface area contributed by atoms with Crippen LogP contribution < -0.4 is 0 Å². The van der Waals surface area contributed by atoms with Crippen molar-refractivity contribution in [2.45, 2.75) is 71.7 Å². The minimum Gasteiger partial charge on any atom is -0.379 e. The summed E-state index contributed by atoms with van der Waals surface area (Å²) in [5.74, 6) is 0.142. The zero-order valence-electron chi connectivity index (χ0n) is 18.1. The van der Waals surface area contributed by atoms with Gasteiger partial charge in [-0.25, -0.2) is 0 Å². The van der Waals surface area contributed by atoms with Crippen LogP contribution in [0.3, 0.4) is 0 Å². The summed E-state index contributed by atoms with van der Waals surface area (Å²) in [6.07, 6.45) is 3.69. The van der Waals surface area contributed by atoms with Crippen molar-refractivity contribution in [2.75, 3.05) is 33.0 Å². The molecule has 1 aromatic carbocycles. The molecule has 5 nitrogen and oxygen atoms in total. The first-order chi connectivity index (χ1) is 13.4. The summed E-state index contributed by atoms with van der Waals surface area (Å²) in [5, 5.41) is 0. The maximum atomic E-state index is 12.3. The smallest absolute Gasteiger partial charge is 0.164 e. The first kappa shape index (κ1) is 24.8. The van der Waals surface area contributed by atoms with Crippen LogP contribution in [0.2, 0.25) is 0 Å². The topological polar surface area (TPSA) is 54.0 Å². The van der Waals surface area contributed by atoms with E-state index in [-0.39, 0.29) is 11.9 Å². The van der Waals surface area contributed by atoms with Crippen molar-refractivity contribution in [2.24, 2.45) is 0 Å². The van der Waals surface area contributed by atoms with Gasteiger partial charge in [0.1, 0.15) is 5.60 Å². The molecule has 5 heteroatoms. The quantitative estimate of drug-likeness (QED) is 0.362. The third-order valence-electron chi connectivity index (χ3n) is 4.35. The Hall–Kier alpha value is -1.27. The van der Waals surface area contributed by atoms with Crippen molar-refractivity contribution in [1.29, 1.82) is 0 Å². The van der Waals surface area contributed by atoms with Crippen LogP contribution in [-0.2, 0) is 30.3 Å². The Bertz CT molecular complexity index is 513. The summed E-state index contributed by atoms with van der Waals surface area (Å²) in [4.78, 5) is 12.3. The summed E-state index contributed by atoms with van der Waals surface area (Å²) in [5.41, 5.74) is 0.389. The Morgan fingerprint density at radius 1 is 0.893 bits per heavy atom. The lowest BCUT2D eigenvalue weighted by molar-refractivity contribution is -0.142. The van der Waals surface area contributed by atoms with Gasteiger partial charge < -0.3 is 18.9 Å². The SMILES string of the molecule is CC(C)OCCCCCC(=O)C(C)(C)OCCOCCOCc1ccccc1. The molecule has 1 aromatic rings. The molecule has 0 aliphatic carbocycles. The lowest BCUT2D eigenvalue weighted by atomic mass is 9.98. The van der Waals surface area contributed by atoms with Crippen LogP contribution in [0.4, 0.5) is 0 Å². The molecule has 0 aliphatic heterocycles. The Morgan fingerprint density at radius 3 is 2.29 bits per heavy atom. The molecule has 160 valence electrons. The van der Waals surface area contributed by atoms with E-state index in [1.54, 1.807) is 0 Å². The second kappa shape index (κ2) is 14.7. The largest absolute Gasteiger partial charge is 0.379 e. The molecule has 0 aromatic heterocycles. The number of ether oxygens (including phenoxy) is 4. The van der Waals surface area contributed by atoms with E-state index in [0.29, 0.717) is 39.5 Å². The van der Waals surface area contributed by atoms with E-state index in [4.69, 9.17) is 18.9 Å². The van der Waals surface area contributed by atoms with Gasteiger partial charge in [-0.05, 0) is 46.1 Å². The van der Waals surface area contributed by atoms with Gasteiger partial charge in [-0.15, -0.1) is 0 Å². The zero-order valence-corrected chi connectivity index (χ0v) is 18.1. The molecule has 0 amide bonds. The van der Waals surface area contributed by atoms with E-state index in [2.05, 4.69) is 0 Å². The number of ketones is 1. The Balaban J connectivity index is 1.99. The highest BCUT2D eigenvalue weighted by Gasteiger charge is 2.27. The van der Waals surface area contributed by atoms with Crippen molar-refractivity contribution in [3.8, 4) is 0 Å². The van der Waals surface area contributed by atoms with E-state index in [9.17, 15) is 4.79 Å². The molecule has 0 N–H and O–H groups in total. The molecule has 0 radical (unpaired) electrons. The fraction of sp³-hybridized carbons (Fsp3) is 0.696.